The number of aromatic nitrogens is 1. The Morgan fingerprint density at radius 1 is 1.10 bits per heavy atom. The molecule has 2 aromatic carbocycles. The van der Waals surface area contributed by atoms with Gasteiger partial charge in [0.2, 0.25) is 0 Å². The molecular weight excluding hydrogens is 282 g/mol. The van der Waals surface area contributed by atoms with Crippen LogP contribution in [0.15, 0.2) is 48.5 Å². The standard InChI is InChI=1S/C17H15NO2S/c1-17(2,11-19)20-13-9-7-12(8-10-13)16-18-14-5-3-4-6-15(14)21-16/h3-11H,1-2H3. The van der Waals surface area contributed by atoms with Gasteiger partial charge in [-0.2, -0.15) is 0 Å². The minimum Gasteiger partial charge on any atom is -0.480 e. The van der Waals surface area contributed by atoms with Gasteiger partial charge in [0.05, 0.1) is 10.2 Å². The first-order valence-corrected chi connectivity index (χ1v) is 7.50. The van der Waals surface area contributed by atoms with Crippen molar-refractivity contribution in [2.45, 2.75) is 19.4 Å². The largest absolute Gasteiger partial charge is 0.480 e. The third-order valence-electron chi connectivity index (χ3n) is 3.06. The summed E-state index contributed by atoms with van der Waals surface area (Å²) in [6.07, 6.45) is 0.800. The van der Waals surface area contributed by atoms with E-state index < -0.39 is 5.60 Å². The summed E-state index contributed by atoms with van der Waals surface area (Å²) in [5, 5.41) is 0.984. The summed E-state index contributed by atoms with van der Waals surface area (Å²) in [7, 11) is 0. The van der Waals surface area contributed by atoms with Gasteiger partial charge in [-0.15, -0.1) is 11.3 Å². The summed E-state index contributed by atoms with van der Waals surface area (Å²) < 4.78 is 6.79. The lowest BCUT2D eigenvalue weighted by atomic mass is 10.1. The number of thiazole rings is 1. The molecule has 1 aromatic heterocycles. The summed E-state index contributed by atoms with van der Waals surface area (Å²) in [4.78, 5) is 15.5. The molecule has 21 heavy (non-hydrogen) atoms. The molecule has 0 saturated carbocycles. The highest BCUT2D eigenvalue weighted by Crippen LogP contribution is 2.31. The Hall–Kier alpha value is -2.20. The van der Waals surface area contributed by atoms with Gasteiger partial charge >= 0.3 is 0 Å². The van der Waals surface area contributed by atoms with E-state index in [-0.39, 0.29) is 0 Å². The van der Waals surface area contributed by atoms with Gasteiger partial charge in [0.25, 0.3) is 0 Å². The molecule has 0 aliphatic heterocycles. The third kappa shape index (κ3) is 2.95. The molecule has 0 aliphatic carbocycles. The molecule has 0 unspecified atom stereocenters. The lowest BCUT2D eigenvalue weighted by molar-refractivity contribution is -0.118. The second-order valence-electron chi connectivity index (χ2n) is 5.33. The predicted octanol–water partition coefficient (Wildman–Crippen LogP) is 4.32. The maximum Gasteiger partial charge on any atom is 0.162 e. The van der Waals surface area contributed by atoms with Crippen LogP contribution in [0, 0.1) is 0 Å². The van der Waals surface area contributed by atoms with E-state index in [1.54, 1.807) is 25.2 Å². The van der Waals surface area contributed by atoms with Gasteiger partial charge in [-0.05, 0) is 50.2 Å². The molecule has 3 aromatic rings. The normalized spacial score (nSPS) is 11.5. The quantitative estimate of drug-likeness (QED) is 0.673. The second-order valence-corrected chi connectivity index (χ2v) is 6.37. The predicted molar refractivity (Wildman–Crippen MR) is 85.8 cm³/mol. The van der Waals surface area contributed by atoms with Gasteiger partial charge in [-0.25, -0.2) is 4.98 Å². The second kappa shape index (κ2) is 5.30. The third-order valence-corrected chi connectivity index (χ3v) is 4.15. The van der Waals surface area contributed by atoms with Crippen LogP contribution >= 0.6 is 11.3 Å². The number of fused-ring (bicyclic) bond motifs is 1. The SMILES string of the molecule is CC(C)(C=O)Oc1ccc(-c2nc3ccccc3s2)cc1. The zero-order valence-electron chi connectivity index (χ0n) is 11.9. The Bertz CT molecular complexity index is 742. The van der Waals surface area contributed by atoms with Crippen molar-refractivity contribution < 1.29 is 9.53 Å². The minimum absolute atomic E-state index is 0.678. The number of nitrogens with zero attached hydrogens (tertiary/aromatic N) is 1. The first kappa shape index (κ1) is 13.8. The highest BCUT2D eigenvalue weighted by Gasteiger charge is 2.18. The monoisotopic (exact) mass is 297 g/mol. The van der Waals surface area contributed by atoms with Crippen molar-refractivity contribution in [3.63, 3.8) is 0 Å². The maximum atomic E-state index is 10.9. The molecule has 0 fully saturated rings. The molecule has 3 rings (SSSR count). The molecule has 0 spiro atoms. The molecule has 0 bridgehead atoms. The van der Waals surface area contributed by atoms with Crippen LogP contribution in [-0.2, 0) is 4.79 Å². The molecule has 0 atom stereocenters. The van der Waals surface area contributed by atoms with Gasteiger partial charge in [-0.3, -0.25) is 4.79 Å². The number of ether oxygens (including phenoxy) is 1. The molecule has 4 heteroatoms. The zero-order valence-corrected chi connectivity index (χ0v) is 12.7. The molecule has 0 radical (unpaired) electrons. The number of carbonyl (C=O) groups is 1. The zero-order chi connectivity index (χ0) is 14.9. The van der Waals surface area contributed by atoms with Crippen LogP contribution in [0.25, 0.3) is 20.8 Å². The number of hydrogen-bond donors (Lipinski definition) is 0. The Balaban J connectivity index is 1.88. The Morgan fingerprint density at radius 2 is 1.81 bits per heavy atom. The van der Waals surface area contributed by atoms with Gasteiger partial charge in [0.1, 0.15) is 10.8 Å². The van der Waals surface area contributed by atoms with Crippen molar-refractivity contribution in [3.05, 3.63) is 48.5 Å². The number of hydrogen-bond acceptors (Lipinski definition) is 4. The minimum atomic E-state index is -0.808. The fourth-order valence-electron chi connectivity index (χ4n) is 1.99. The van der Waals surface area contributed by atoms with Crippen molar-refractivity contribution in [1.29, 1.82) is 0 Å². The first-order chi connectivity index (χ1) is 10.1. The van der Waals surface area contributed by atoms with E-state index in [1.807, 2.05) is 42.5 Å². The Morgan fingerprint density at radius 3 is 2.48 bits per heavy atom. The Kier molecular flexibility index (Phi) is 3.47. The first-order valence-electron chi connectivity index (χ1n) is 6.69. The molecule has 106 valence electrons. The fraction of sp³-hybridized carbons (Fsp3) is 0.176. The lowest BCUT2D eigenvalue weighted by Crippen LogP contribution is -2.29. The Labute approximate surface area is 127 Å². The molecule has 0 amide bonds. The van der Waals surface area contributed by atoms with E-state index in [9.17, 15) is 4.79 Å². The van der Waals surface area contributed by atoms with E-state index >= 15 is 0 Å². The molecular formula is C17H15NO2S. The summed E-state index contributed by atoms with van der Waals surface area (Å²) in [5.74, 6) is 0.678. The van der Waals surface area contributed by atoms with Crippen LogP contribution in [0.2, 0.25) is 0 Å². The molecule has 1 heterocycles. The average Bonchev–Trinajstić information content (AvgIpc) is 2.91. The number of benzene rings is 2. The summed E-state index contributed by atoms with van der Waals surface area (Å²) in [5.41, 5.74) is 1.25. The van der Waals surface area contributed by atoms with Crippen molar-refractivity contribution in [2.24, 2.45) is 0 Å². The van der Waals surface area contributed by atoms with Crippen molar-refractivity contribution in [1.82, 2.24) is 4.98 Å². The molecule has 0 N–H and O–H groups in total. The van der Waals surface area contributed by atoms with E-state index in [0.717, 1.165) is 22.4 Å². The van der Waals surface area contributed by atoms with Crippen molar-refractivity contribution in [3.8, 4) is 16.3 Å². The van der Waals surface area contributed by atoms with Crippen LogP contribution in [-0.4, -0.2) is 16.9 Å². The topological polar surface area (TPSA) is 39.2 Å². The van der Waals surface area contributed by atoms with Gasteiger partial charge in [0.15, 0.2) is 11.9 Å². The summed E-state index contributed by atoms with van der Waals surface area (Å²) in [6.45, 7) is 3.48. The maximum absolute atomic E-state index is 10.9. The van der Waals surface area contributed by atoms with Gasteiger partial charge < -0.3 is 4.74 Å². The number of carbonyl (C=O) groups excluding carboxylic acids is 1. The van der Waals surface area contributed by atoms with Crippen LogP contribution in [0.1, 0.15) is 13.8 Å². The lowest BCUT2D eigenvalue weighted by Gasteiger charge is -2.19. The van der Waals surface area contributed by atoms with Crippen molar-refractivity contribution in [2.75, 3.05) is 0 Å². The van der Waals surface area contributed by atoms with Crippen molar-refractivity contribution >= 4 is 27.8 Å². The van der Waals surface area contributed by atoms with E-state index in [4.69, 9.17) is 4.74 Å². The summed E-state index contributed by atoms with van der Waals surface area (Å²) >= 11 is 1.67. The van der Waals surface area contributed by atoms with E-state index in [1.165, 1.54) is 4.70 Å². The van der Waals surface area contributed by atoms with E-state index in [0.29, 0.717) is 5.75 Å². The smallest absolute Gasteiger partial charge is 0.162 e. The molecule has 0 saturated heterocycles. The highest BCUT2D eigenvalue weighted by atomic mass is 32.1. The number of aldehydes is 1. The van der Waals surface area contributed by atoms with Crippen LogP contribution in [0.3, 0.4) is 0 Å². The van der Waals surface area contributed by atoms with Crippen LogP contribution in [0.5, 0.6) is 5.75 Å². The van der Waals surface area contributed by atoms with Crippen LogP contribution < -0.4 is 4.74 Å². The highest BCUT2D eigenvalue weighted by molar-refractivity contribution is 7.21. The fourth-order valence-corrected chi connectivity index (χ4v) is 2.96. The molecule has 0 aliphatic rings. The number of para-hydroxylation sites is 1. The summed E-state index contributed by atoms with van der Waals surface area (Å²) in [6, 6.07) is 15.8. The van der Waals surface area contributed by atoms with Gasteiger partial charge in [0, 0.05) is 5.56 Å². The number of rotatable bonds is 4. The van der Waals surface area contributed by atoms with E-state index in [2.05, 4.69) is 11.1 Å². The van der Waals surface area contributed by atoms with Crippen LogP contribution in [0.4, 0.5) is 0 Å². The molecule has 3 nitrogen and oxygen atoms in total. The average molecular weight is 297 g/mol. The van der Waals surface area contributed by atoms with Gasteiger partial charge in [-0.1, -0.05) is 12.1 Å².